The Labute approximate surface area is 189 Å². The van der Waals surface area contributed by atoms with E-state index >= 15 is 0 Å². The number of carbonyl (C=O) groups excluding carboxylic acids is 1. The zero-order valence-corrected chi connectivity index (χ0v) is 18.8. The van der Waals surface area contributed by atoms with Gasteiger partial charge in [-0.1, -0.05) is 23.7 Å². The fraction of sp³-hybridized carbons (Fsp3) is 0.238. The lowest BCUT2D eigenvalue weighted by atomic mass is 10.2. The van der Waals surface area contributed by atoms with E-state index in [0.717, 1.165) is 22.7 Å². The maximum Gasteiger partial charge on any atom is 0.273 e. The third-order valence-corrected chi connectivity index (χ3v) is 8.06. The number of halogens is 2. The Bertz CT molecular complexity index is 1180. The van der Waals surface area contributed by atoms with Crippen molar-refractivity contribution in [2.24, 2.45) is 0 Å². The van der Waals surface area contributed by atoms with Crippen molar-refractivity contribution in [2.75, 3.05) is 26.2 Å². The van der Waals surface area contributed by atoms with E-state index in [2.05, 4.69) is 4.98 Å². The van der Waals surface area contributed by atoms with Gasteiger partial charge in [-0.15, -0.1) is 11.3 Å². The quantitative estimate of drug-likeness (QED) is 0.564. The molecule has 6 nitrogen and oxygen atoms in total. The van der Waals surface area contributed by atoms with Crippen molar-refractivity contribution in [3.05, 3.63) is 70.4 Å². The highest BCUT2D eigenvalue weighted by atomic mass is 35.5. The fourth-order valence-electron chi connectivity index (χ4n) is 3.35. The molecule has 0 bridgehead atoms. The lowest BCUT2D eigenvalue weighted by molar-refractivity contribution is 0.0759. The van der Waals surface area contributed by atoms with Gasteiger partial charge in [-0.2, -0.15) is 4.31 Å². The van der Waals surface area contributed by atoms with E-state index in [4.69, 9.17) is 11.6 Å². The second-order valence-corrected chi connectivity index (χ2v) is 10.3. The van der Waals surface area contributed by atoms with Crippen LogP contribution in [-0.2, 0) is 10.0 Å². The van der Waals surface area contributed by atoms with Crippen LogP contribution in [0.3, 0.4) is 0 Å². The first-order valence-corrected chi connectivity index (χ1v) is 12.3. The molecule has 4 rings (SSSR count). The molecule has 0 radical (unpaired) electrons. The van der Waals surface area contributed by atoms with Gasteiger partial charge in [-0.05, 0) is 42.8 Å². The summed E-state index contributed by atoms with van der Waals surface area (Å²) in [6.07, 6.45) is 0.500. The average Bonchev–Trinajstić information content (AvgIpc) is 3.11. The molecule has 10 heteroatoms. The Morgan fingerprint density at radius 3 is 2.42 bits per heavy atom. The molecule has 0 spiro atoms. The van der Waals surface area contributed by atoms with Gasteiger partial charge in [0.25, 0.3) is 5.91 Å². The van der Waals surface area contributed by atoms with Crippen molar-refractivity contribution in [1.29, 1.82) is 0 Å². The number of hydrogen-bond acceptors (Lipinski definition) is 5. The summed E-state index contributed by atoms with van der Waals surface area (Å²) in [5.41, 5.74) is 1.21. The highest BCUT2D eigenvalue weighted by Gasteiger charge is 2.29. The number of thiazole rings is 1. The third-order valence-electron chi connectivity index (χ3n) is 5.01. The largest absolute Gasteiger partial charge is 0.336 e. The van der Waals surface area contributed by atoms with Crippen LogP contribution >= 0.6 is 22.9 Å². The van der Waals surface area contributed by atoms with Gasteiger partial charge in [0, 0.05) is 42.1 Å². The summed E-state index contributed by atoms with van der Waals surface area (Å²) >= 11 is 7.29. The summed E-state index contributed by atoms with van der Waals surface area (Å²) in [5.74, 6) is -0.717. The molecule has 3 aromatic rings. The normalized spacial score (nSPS) is 15.6. The molecule has 0 aliphatic carbocycles. The average molecular weight is 480 g/mol. The molecule has 1 aliphatic rings. The molecule has 0 unspecified atom stereocenters. The fourth-order valence-corrected chi connectivity index (χ4v) is 5.75. The van der Waals surface area contributed by atoms with Crippen LogP contribution in [0.1, 0.15) is 16.9 Å². The SMILES string of the molecule is O=C(c1csc(-c2ccc(Cl)cc2)n1)N1CCCN(S(=O)(=O)c2ccc(F)cc2)CC1. The van der Waals surface area contributed by atoms with Crippen molar-refractivity contribution < 1.29 is 17.6 Å². The molecule has 1 aromatic heterocycles. The number of benzene rings is 2. The monoisotopic (exact) mass is 479 g/mol. The van der Waals surface area contributed by atoms with Crippen LogP contribution in [-0.4, -0.2) is 54.7 Å². The molecule has 2 aromatic carbocycles. The molecule has 1 aliphatic heterocycles. The van der Waals surface area contributed by atoms with E-state index in [-0.39, 0.29) is 30.4 Å². The van der Waals surface area contributed by atoms with Crippen LogP contribution in [0.4, 0.5) is 4.39 Å². The van der Waals surface area contributed by atoms with Gasteiger partial charge in [0.2, 0.25) is 10.0 Å². The van der Waals surface area contributed by atoms with Gasteiger partial charge in [-0.3, -0.25) is 4.79 Å². The Kier molecular flexibility index (Phi) is 6.38. The van der Waals surface area contributed by atoms with E-state index in [1.54, 1.807) is 22.4 Å². The van der Waals surface area contributed by atoms with E-state index in [0.29, 0.717) is 23.7 Å². The van der Waals surface area contributed by atoms with Crippen LogP contribution in [0.5, 0.6) is 0 Å². The zero-order valence-electron chi connectivity index (χ0n) is 16.4. The Morgan fingerprint density at radius 2 is 1.71 bits per heavy atom. The number of sulfonamides is 1. The third kappa shape index (κ3) is 4.79. The molecule has 1 saturated heterocycles. The molecule has 0 N–H and O–H groups in total. The number of rotatable bonds is 4. The predicted molar refractivity (Wildman–Crippen MR) is 118 cm³/mol. The van der Waals surface area contributed by atoms with Gasteiger partial charge in [-0.25, -0.2) is 17.8 Å². The first kappa shape index (κ1) is 21.9. The molecule has 1 fully saturated rings. The zero-order chi connectivity index (χ0) is 22.0. The molecule has 0 atom stereocenters. The molecule has 1 amide bonds. The highest BCUT2D eigenvalue weighted by molar-refractivity contribution is 7.89. The number of nitrogens with zero attached hydrogens (tertiary/aromatic N) is 3. The lowest BCUT2D eigenvalue weighted by Gasteiger charge is -2.21. The summed E-state index contributed by atoms with van der Waals surface area (Å²) in [7, 11) is -3.75. The number of amides is 1. The summed E-state index contributed by atoms with van der Waals surface area (Å²) < 4.78 is 40.2. The minimum absolute atomic E-state index is 0.0424. The van der Waals surface area contributed by atoms with Crippen molar-refractivity contribution in [3.63, 3.8) is 0 Å². The second-order valence-electron chi connectivity index (χ2n) is 7.05. The van der Waals surface area contributed by atoms with Crippen molar-refractivity contribution in [1.82, 2.24) is 14.2 Å². The molecule has 0 saturated carbocycles. The summed E-state index contributed by atoms with van der Waals surface area (Å²) in [6.45, 7) is 1.14. The topological polar surface area (TPSA) is 70.6 Å². The Balaban J connectivity index is 1.46. The number of hydrogen-bond donors (Lipinski definition) is 0. The minimum Gasteiger partial charge on any atom is -0.336 e. The van der Waals surface area contributed by atoms with Crippen molar-refractivity contribution in [3.8, 4) is 10.6 Å². The maximum absolute atomic E-state index is 13.1. The van der Waals surface area contributed by atoms with E-state index in [1.165, 1.54) is 27.8 Å². The van der Waals surface area contributed by atoms with Crippen LogP contribution < -0.4 is 0 Å². The van der Waals surface area contributed by atoms with Crippen molar-refractivity contribution >= 4 is 38.9 Å². The summed E-state index contributed by atoms with van der Waals surface area (Å²) in [4.78, 5) is 19.1. The first-order valence-electron chi connectivity index (χ1n) is 9.61. The smallest absolute Gasteiger partial charge is 0.273 e. The summed E-state index contributed by atoms with van der Waals surface area (Å²) in [5, 5.41) is 3.06. The number of carbonyl (C=O) groups is 1. The molecule has 31 heavy (non-hydrogen) atoms. The molecule has 2 heterocycles. The minimum atomic E-state index is -3.75. The standard InChI is InChI=1S/C21H19ClFN3O3S2/c22-16-4-2-15(3-5-16)20-24-19(14-30-20)21(27)25-10-1-11-26(13-12-25)31(28,29)18-8-6-17(23)7-9-18/h2-9,14H,1,10-13H2. The van der Waals surface area contributed by atoms with Gasteiger partial charge >= 0.3 is 0 Å². The van der Waals surface area contributed by atoms with Gasteiger partial charge in [0.1, 0.15) is 16.5 Å². The van der Waals surface area contributed by atoms with Crippen LogP contribution in [0.25, 0.3) is 10.6 Å². The Morgan fingerprint density at radius 1 is 1.00 bits per heavy atom. The Hall–Kier alpha value is -2.33. The maximum atomic E-state index is 13.1. The number of aromatic nitrogens is 1. The van der Waals surface area contributed by atoms with Crippen molar-refractivity contribution in [2.45, 2.75) is 11.3 Å². The van der Waals surface area contributed by atoms with Crippen LogP contribution in [0.2, 0.25) is 5.02 Å². The first-order chi connectivity index (χ1) is 14.8. The van der Waals surface area contributed by atoms with Crippen LogP contribution in [0, 0.1) is 5.82 Å². The predicted octanol–water partition coefficient (Wildman–Crippen LogP) is 4.14. The second kappa shape index (κ2) is 9.04. The highest BCUT2D eigenvalue weighted by Crippen LogP contribution is 2.26. The lowest BCUT2D eigenvalue weighted by Crippen LogP contribution is -2.37. The van der Waals surface area contributed by atoms with Gasteiger partial charge < -0.3 is 4.90 Å². The van der Waals surface area contributed by atoms with E-state index in [9.17, 15) is 17.6 Å². The van der Waals surface area contributed by atoms with E-state index < -0.39 is 15.8 Å². The molecular weight excluding hydrogens is 461 g/mol. The van der Waals surface area contributed by atoms with E-state index in [1.807, 2.05) is 12.1 Å². The molecular formula is C21H19ClFN3O3S2. The summed E-state index contributed by atoms with van der Waals surface area (Å²) in [6, 6.07) is 12.0. The van der Waals surface area contributed by atoms with Gasteiger partial charge in [0.15, 0.2) is 0 Å². The van der Waals surface area contributed by atoms with Crippen LogP contribution in [0.15, 0.2) is 58.8 Å². The van der Waals surface area contributed by atoms with Gasteiger partial charge in [0.05, 0.1) is 4.90 Å². The molecule has 162 valence electrons.